The summed E-state index contributed by atoms with van der Waals surface area (Å²) >= 11 is 5.89. The van der Waals surface area contributed by atoms with E-state index in [1.807, 2.05) is 0 Å². The minimum Gasteiger partial charge on any atom is -0.495 e. The number of aliphatic carboxylic acids is 1. The molecule has 0 spiro atoms. The van der Waals surface area contributed by atoms with Crippen molar-refractivity contribution < 1.29 is 29.0 Å². The molecule has 1 heterocycles. The molecule has 1 fully saturated rings. The molecule has 0 radical (unpaired) electrons. The molecule has 25 heavy (non-hydrogen) atoms. The van der Waals surface area contributed by atoms with Crippen LogP contribution in [0.25, 0.3) is 0 Å². The van der Waals surface area contributed by atoms with Gasteiger partial charge in [0.2, 0.25) is 11.8 Å². The van der Waals surface area contributed by atoms with Gasteiger partial charge < -0.3 is 25.2 Å². The monoisotopic (exact) mass is 370 g/mol. The molecule has 0 unspecified atom stereocenters. The molecule has 1 aromatic rings. The Bertz CT molecular complexity index is 666. The van der Waals surface area contributed by atoms with Crippen LogP contribution >= 0.6 is 11.6 Å². The molecule has 3 N–H and O–H groups in total. The van der Waals surface area contributed by atoms with Crippen molar-refractivity contribution in [3.05, 3.63) is 23.2 Å². The third kappa shape index (κ3) is 5.33. The van der Waals surface area contributed by atoms with E-state index >= 15 is 0 Å². The molecule has 0 bridgehead atoms. The lowest BCUT2D eigenvalue weighted by atomic mass is 10.2. The molecule has 9 heteroatoms. The molecule has 0 aromatic heterocycles. The van der Waals surface area contributed by atoms with Crippen LogP contribution in [0.1, 0.15) is 19.3 Å². The van der Waals surface area contributed by atoms with Crippen molar-refractivity contribution in [3.8, 4) is 5.75 Å². The highest BCUT2D eigenvalue weighted by Crippen LogP contribution is 2.27. The second-order valence-corrected chi connectivity index (χ2v) is 5.90. The summed E-state index contributed by atoms with van der Waals surface area (Å²) in [6, 6.07) is 4.84. The number of methoxy groups -OCH3 is 1. The van der Waals surface area contributed by atoms with Gasteiger partial charge in [-0.15, -0.1) is 0 Å². The van der Waals surface area contributed by atoms with E-state index in [1.165, 1.54) is 7.11 Å². The Hall–Kier alpha value is -2.32. The van der Waals surface area contributed by atoms with Crippen molar-refractivity contribution in [2.75, 3.05) is 19.0 Å². The van der Waals surface area contributed by atoms with E-state index in [1.54, 1.807) is 18.2 Å². The first-order valence-corrected chi connectivity index (χ1v) is 8.08. The maximum Gasteiger partial charge on any atom is 0.332 e. The summed E-state index contributed by atoms with van der Waals surface area (Å²) in [6.45, 7) is 0.102. The van der Waals surface area contributed by atoms with Crippen molar-refractivity contribution in [1.82, 2.24) is 5.32 Å². The number of benzene rings is 1. The largest absolute Gasteiger partial charge is 0.495 e. The van der Waals surface area contributed by atoms with Crippen LogP contribution in [0.4, 0.5) is 5.69 Å². The molecule has 0 aliphatic carbocycles. The summed E-state index contributed by atoms with van der Waals surface area (Å²) in [6.07, 6.45) is -1.07. The van der Waals surface area contributed by atoms with Crippen LogP contribution in [0, 0.1) is 0 Å². The molecule has 1 aromatic carbocycles. The lowest BCUT2D eigenvalue weighted by molar-refractivity contribution is -0.151. The van der Waals surface area contributed by atoms with E-state index in [4.69, 9.17) is 26.2 Å². The van der Waals surface area contributed by atoms with Gasteiger partial charge in [-0.1, -0.05) is 11.6 Å². The minimum absolute atomic E-state index is 0.0382. The lowest BCUT2D eigenvalue weighted by Crippen LogP contribution is -2.37. The van der Waals surface area contributed by atoms with Gasteiger partial charge in [0, 0.05) is 18.0 Å². The second-order valence-electron chi connectivity index (χ2n) is 5.46. The Kier molecular flexibility index (Phi) is 6.60. The van der Waals surface area contributed by atoms with Gasteiger partial charge in [0.25, 0.3) is 0 Å². The first-order chi connectivity index (χ1) is 11.9. The molecule has 1 aliphatic heterocycles. The van der Waals surface area contributed by atoms with Crippen LogP contribution in [0.2, 0.25) is 5.02 Å². The molecule has 2 amide bonds. The van der Waals surface area contributed by atoms with Crippen LogP contribution in [-0.4, -0.2) is 48.8 Å². The minimum atomic E-state index is -1.08. The normalized spacial score (nSPS) is 19.3. The summed E-state index contributed by atoms with van der Waals surface area (Å²) in [5.41, 5.74) is 0.440. The number of hydrogen-bond donors (Lipinski definition) is 3. The molecular weight excluding hydrogens is 352 g/mol. The van der Waals surface area contributed by atoms with Crippen molar-refractivity contribution in [1.29, 1.82) is 0 Å². The predicted molar refractivity (Wildman–Crippen MR) is 89.8 cm³/mol. The summed E-state index contributed by atoms with van der Waals surface area (Å²) in [5.74, 6) is -1.35. The highest BCUT2D eigenvalue weighted by Gasteiger charge is 2.34. The molecular formula is C16H19ClN2O6. The average molecular weight is 371 g/mol. The Labute approximate surface area is 149 Å². The Morgan fingerprint density at radius 1 is 1.32 bits per heavy atom. The Morgan fingerprint density at radius 3 is 2.68 bits per heavy atom. The number of amides is 2. The first-order valence-electron chi connectivity index (χ1n) is 7.70. The van der Waals surface area contributed by atoms with Crippen LogP contribution in [-0.2, 0) is 19.1 Å². The molecule has 1 saturated heterocycles. The summed E-state index contributed by atoms with van der Waals surface area (Å²) in [4.78, 5) is 34.7. The zero-order valence-electron chi connectivity index (χ0n) is 13.6. The van der Waals surface area contributed by atoms with Crippen molar-refractivity contribution in [2.45, 2.75) is 31.5 Å². The fourth-order valence-corrected chi connectivity index (χ4v) is 2.59. The number of carboxylic acids is 1. The third-order valence-corrected chi connectivity index (χ3v) is 3.91. The van der Waals surface area contributed by atoms with Crippen LogP contribution < -0.4 is 15.4 Å². The Morgan fingerprint density at radius 2 is 2.04 bits per heavy atom. The summed E-state index contributed by atoms with van der Waals surface area (Å²) in [5, 5.41) is 14.5. The maximum atomic E-state index is 12.0. The molecule has 0 saturated carbocycles. The number of carbonyl (C=O) groups is 3. The zero-order chi connectivity index (χ0) is 18.4. The van der Waals surface area contributed by atoms with Crippen LogP contribution in [0.15, 0.2) is 18.2 Å². The number of halogens is 1. The fraction of sp³-hybridized carbons (Fsp3) is 0.438. The van der Waals surface area contributed by atoms with Gasteiger partial charge in [-0.2, -0.15) is 0 Å². The number of carboxylic acid groups (broad SMARTS) is 1. The fourth-order valence-electron chi connectivity index (χ4n) is 2.42. The van der Waals surface area contributed by atoms with Crippen LogP contribution in [0.5, 0.6) is 5.75 Å². The van der Waals surface area contributed by atoms with Crippen molar-refractivity contribution >= 4 is 35.1 Å². The maximum absolute atomic E-state index is 12.0. The van der Waals surface area contributed by atoms with Gasteiger partial charge in [-0.05, 0) is 31.0 Å². The average Bonchev–Trinajstić information content (AvgIpc) is 3.05. The van der Waals surface area contributed by atoms with Crippen LogP contribution in [0.3, 0.4) is 0 Å². The highest BCUT2D eigenvalue weighted by molar-refractivity contribution is 6.31. The van der Waals surface area contributed by atoms with E-state index in [2.05, 4.69) is 10.6 Å². The molecule has 8 nitrogen and oxygen atoms in total. The number of rotatable bonds is 7. The highest BCUT2D eigenvalue weighted by atomic mass is 35.5. The van der Waals surface area contributed by atoms with Gasteiger partial charge >= 0.3 is 5.97 Å². The second kappa shape index (κ2) is 8.68. The van der Waals surface area contributed by atoms with E-state index in [9.17, 15) is 14.4 Å². The van der Waals surface area contributed by atoms with Gasteiger partial charge in [-0.25, -0.2) is 4.79 Å². The summed E-state index contributed by atoms with van der Waals surface area (Å²) in [7, 11) is 1.48. The Balaban J connectivity index is 1.76. The standard InChI is InChI=1S/C16H19ClN2O6/c1-24-11-3-2-9(17)8-10(11)19-14(20)6-7-18-15(21)12-4-5-13(25-12)16(22)23/h2-3,8,12-13H,4-7H2,1H3,(H,18,21)(H,19,20)(H,22,23)/t12-,13+/m0/s1. The van der Waals surface area contributed by atoms with E-state index < -0.39 is 24.1 Å². The smallest absolute Gasteiger partial charge is 0.332 e. The zero-order valence-corrected chi connectivity index (χ0v) is 14.3. The van der Waals surface area contributed by atoms with E-state index in [0.717, 1.165) is 0 Å². The van der Waals surface area contributed by atoms with E-state index in [0.29, 0.717) is 29.3 Å². The van der Waals surface area contributed by atoms with Gasteiger partial charge in [0.05, 0.1) is 12.8 Å². The molecule has 136 valence electrons. The molecule has 1 aliphatic rings. The quantitative estimate of drug-likeness (QED) is 0.669. The van der Waals surface area contributed by atoms with E-state index in [-0.39, 0.29) is 18.9 Å². The predicted octanol–water partition coefficient (Wildman–Crippen LogP) is 1.43. The third-order valence-electron chi connectivity index (χ3n) is 3.67. The van der Waals surface area contributed by atoms with Crippen molar-refractivity contribution in [3.63, 3.8) is 0 Å². The van der Waals surface area contributed by atoms with Gasteiger partial charge in [-0.3, -0.25) is 9.59 Å². The number of ether oxygens (including phenoxy) is 2. The number of nitrogens with one attached hydrogen (secondary N) is 2. The number of anilines is 1. The van der Waals surface area contributed by atoms with Gasteiger partial charge in [0.15, 0.2) is 6.10 Å². The topological polar surface area (TPSA) is 114 Å². The number of hydrogen-bond acceptors (Lipinski definition) is 5. The lowest BCUT2D eigenvalue weighted by Gasteiger charge is -2.13. The SMILES string of the molecule is COc1ccc(Cl)cc1NC(=O)CCNC(=O)[C@@H]1CC[C@H](C(=O)O)O1. The molecule has 2 rings (SSSR count). The first kappa shape index (κ1) is 19.0. The molecule has 2 atom stereocenters. The number of carbonyl (C=O) groups excluding carboxylic acids is 2. The summed E-state index contributed by atoms with van der Waals surface area (Å²) < 4.78 is 10.3. The van der Waals surface area contributed by atoms with Crippen molar-refractivity contribution in [2.24, 2.45) is 0 Å². The van der Waals surface area contributed by atoms with Gasteiger partial charge in [0.1, 0.15) is 11.9 Å².